The Hall–Kier alpha value is -3.05. The van der Waals surface area contributed by atoms with Crippen LogP contribution in [-0.4, -0.2) is 31.2 Å². The number of benzene rings is 2. The maximum Gasteiger partial charge on any atom is 0.435 e. The average Bonchev–Trinajstić information content (AvgIpc) is 3.57. The predicted octanol–water partition coefficient (Wildman–Crippen LogP) is 5.55. The molecule has 3 aromatic rings. The van der Waals surface area contributed by atoms with Gasteiger partial charge in [0.05, 0.1) is 29.4 Å². The van der Waals surface area contributed by atoms with Crippen LogP contribution in [0, 0.1) is 5.92 Å². The van der Waals surface area contributed by atoms with Crippen molar-refractivity contribution in [2.45, 2.75) is 48.2 Å². The molecule has 2 aromatic carbocycles. The lowest BCUT2D eigenvalue weighted by atomic mass is 10.1. The van der Waals surface area contributed by atoms with Crippen LogP contribution in [0.15, 0.2) is 58.3 Å². The molecule has 1 amide bonds. The number of methoxy groups -OCH3 is 1. The Labute approximate surface area is 211 Å². The van der Waals surface area contributed by atoms with E-state index in [1.54, 1.807) is 6.92 Å². The molecular formula is C24H23ClF3N3O4S. The van der Waals surface area contributed by atoms with Gasteiger partial charge in [0, 0.05) is 28.4 Å². The Morgan fingerprint density at radius 2 is 1.83 bits per heavy atom. The Morgan fingerprint density at radius 1 is 1.17 bits per heavy atom. The quantitative estimate of drug-likeness (QED) is 0.404. The minimum Gasteiger partial charge on any atom is -0.497 e. The zero-order chi connectivity index (χ0) is 26.3. The molecule has 192 valence electrons. The van der Waals surface area contributed by atoms with Gasteiger partial charge in [0.2, 0.25) is 15.7 Å². The Bertz CT molecular complexity index is 1380. The molecule has 4 rings (SSSR count). The van der Waals surface area contributed by atoms with Gasteiger partial charge in [0.1, 0.15) is 5.75 Å². The summed E-state index contributed by atoms with van der Waals surface area (Å²) < 4.78 is 72.2. The van der Waals surface area contributed by atoms with E-state index < -0.39 is 33.5 Å². The zero-order valence-electron chi connectivity index (χ0n) is 19.3. The van der Waals surface area contributed by atoms with Crippen LogP contribution in [-0.2, 0) is 27.4 Å². The summed E-state index contributed by atoms with van der Waals surface area (Å²) in [4.78, 5) is 12.8. The minimum atomic E-state index is -4.58. The second-order valence-electron chi connectivity index (χ2n) is 8.65. The van der Waals surface area contributed by atoms with Crippen LogP contribution in [0.5, 0.6) is 5.75 Å². The van der Waals surface area contributed by atoms with Crippen LogP contribution in [0.2, 0.25) is 5.02 Å². The number of carbonyl (C=O) groups is 1. The lowest BCUT2D eigenvalue weighted by molar-refractivity contribution is -0.141. The molecule has 1 fully saturated rings. The van der Waals surface area contributed by atoms with Gasteiger partial charge in [-0.15, -0.1) is 0 Å². The molecule has 1 atom stereocenters. The van der Waals surface area contributed by atoms with Crippen molar-refractivity contribution in [2.75, 3.05) is 12.4 Å². The molecule has 1 N–H and O–H groups in total. The van der Waals surface area contributed by atoms with Crippen molar-refractivity contribution in [3.05, 3.63) is 64.9 Å². The highest BCUT2D eigenvalue weighted by Gasteiger charge is 2.38. The Morgan fingerprint density at radius 3 is 2.42 bits per heavy atom. The first-order valence-corrected chi connectivity index (χ1v) is 12.9. The Kier molecular flexibility index (Phi) is 7.07. The van der Waals surface area contributed by atoms with Crippen molar-refractivity contribution in [3.63, 3.8) is 0 Å². The molecule has 0 saturated heterocycles. The van der Waals surface area contributed by atoms with Gasteiger partial charge in [-0.3, -0.25) is 9.48 Å². The first-order valence-electron chi connectivity index (χ1n) is 11.0. The number of aromatic nitrogens is 2. The third kappa shape index (κ3) is 5.67. The summed E-state index contributed by atoms with van der Waals surface area (Å²) in [5.74, 6) is -1.07. The highest BCUT2D eigenvalue weighted by molar-refractivity contribution is 7.91. The number of carbonyl (C=O) groups excluding carboxylic acids is 1. The van der Waals surface area contributed by atoms with Gasteiger partial charge in [-0.1, -0.05) is 18.5 Å². The van der Waals surface area contributed by atoms with Gasteiger partial charge in [-0.25, -0.2) is 8.42 Å². The number of hydrogen-bond donors (Lipinski definition) is 1. The summed E-state index contributed by atoms with van der Waals surface area (Å²) in [5, 5.41) is 6.71. The van der Waals surface area contributed by atoms with E-state index in [2.05, 4.69) is 10.4 Å². The fourth-order valence-electron chi connectivity index (χ4n) is 3.70. The number of halogens is 4. The predicted molar refractivity (Wildman–Crippen MR) is 127 cm³/mol. The average molecular weight is 542 g/mol. The lowest BCUT2D eigenvalue weighted by Gasteiger charge is -2.16. The van der Waals surface area contributed by atoms with Crippen LogP contribution in [0.25, 0.3) is 0 Å². The van der Waals surface area contributed by atoms with Crippen LogP contribution in [0.1, 0.15) is 37.1 Å². The van der Waals surface area contributed by atoms with Crippen molar-refractivity contribution in [3.8, 4) is 5.75 Å². The van der Waals surface area contributed by atoms with Crippen LogP contribution in [0.3, 0.4) is 0 Å². The van der Waals surface area contributed by atoms with Crippen LogP contribution < -0.4 is 10.1 Å². The van der Waals surface area contributed by atoms with E-state index >= 15 is 0 Å². The van der Waals surface area contributed by atoms with E-state index in [4.69, 9.17) is 16.3 Å². The third-order valence-corrected chi connectivity index (χ3v) is 7.81. The Balaban J connectivity index is 1.56. The number of anilines is 1. The fourth-order valence-corrected chi connectivity index (χ4v) is 5.14. The number of rotatable bonds is 8. The van der Waals surface area contributed by atoms with Crippen molar-refractivity contribution < 1.29 is 31.1 Å². The molecule has 1 saturated carbocycles. The summed E-state index contributed by atoms with van der Waals surface area (Å²) in [6.07, 6.45) is -3.02. The second kappa shape index (κ2) is 9.78. The van der Waals surface area contributed by atoms with Crippen molar-refractivity contribution in [1.29, 1.82) is 0 Å². The molecule has 12 heteroatoms. The van der Waals surface area contributed by atoms with E-state index in [1.165, 1.54) is 54.3 Å². The molecule has 1 heterocycles. The van der Waals surface area contributed by atoms with Crippen LogP contribution >= 0.6 is 11.6 Å². The maximum atomic E-state index is 13.2. The fraction of sp³-hybridized carbons (Fsp3) is 0.333. The molecule has 0 spiro atoms. The third-order valence-electron chi connectivity index (χ3n) is 5.81. The number of sulfone groups is 1. The minimum absolute atomic E-state index is 0.00267. The molecule has 1 aliphatic rings. The van der Waals surface area contributed by atoms with Crippen LogP contribution in [0.4, 0.5) is 18.9 Å². The topological polar surface area (TPSA) is 90.3 Å². The number of ether oxygens (including phenoxy) is 1. The molecule has 0 bridgehead atoms. The van der Waals surface area contributed by atoms with Gasteiger partial charge in [-0.05, 0) is 55.3 Å². The zero-order valence-corrected chi connectivity index (χ0v) is 20.9. The summed E-state index contributed by atoms with van der Waals surface area (Å²) in [6, 6.07) is 10.8. The normalized spacial score (nSPS) is 14.9. The molecule has 1 aliphatic carbocycles. The molecule has 36 heavy (non-hydrogen) atoms. The number of nitrogens with zero attached hydrogens (tertiary/aromatic N) is 2. The van der Waals surface area contributed by atoms with Gasteiger partial charge >= 0.3 is 6.18 Å². The van der Waals surface area contributed by atoms with Crippen molar-refractivity contribution in [2.24, 2.45) is 5.92 Å². The number of alkyl halides is 3. The van der Waals surface area contributed by atoms with Gasteiger partial charge in [0.15, 0.2) is 5.69 Å². The van der Waals surface area contributed by atoms with Gasteiger partial charge in [-0.2, -0.15) is 18.3 Å². The highest BCUT2D eigenvalue weighted by Crippen LogP contribution is 2.42. The number of nitrogens with one attached hydrogen (secondary N) is 1. The molecule has 1 aromatic heterocycles. The lowest BCUT2D eigenvalue weighted by Crippen LogP contribution is -2.26. The molecular weight excluding hydrogens is 519 g/mol. The first kappa shape index (κ1) is 26.0. The summed E-state index contributed by atoms with van der Waals surface area (Å²) in [7, 11) is -2.59. The monoisotopic (exact) mass is 541 g/mol. The molecule has 0 radical (unpaired) electrons. The molecule has 7 nitrogen and oxygen atoms in total. The highest BCUT2D eigenvalue weighted by atomic mass is 35.5. The van der Waals surface area contributed by atoms with E-state index in [0.717, 1.165) is 18.9 Å². The summed E-state index contributed by atoms with van der Waals surface area (Å²) in [5.41, 5.74) is -0.362. The standard InChI is InChI=1S/C24H23ClF3N3O4S/c1-14(13-31-21(15-3-4-15)12-22(30-31)24(26,27)28)23(32)29-17-9-18(35-2)11-20(10-17)36(33,34)19-7-5-16(25)6-8-19/h5-12,14-15H,3-4,13H2,1-2H3,(H,29,32). The van der Waals surface area contributed by atoms with Gasteiger partial charge in [0.25, 0.3) is 0 Å². The SMILES string of the molecule is COc1cc(NC(=O)C(C)Cn2nc(C(F)(F)F)cc2C2CC2)cc(S(=O)(=O)c2ccc(Cl)cc2)c1. The smallest absolute Gasteiger partial charge is 0.435 e. The first-order chi connectivity index (χ1) is 16.9. The maximum absolute atomic E-state index is 13.2. The second-order valence-corrected chi connectivity index (χ2v) is 11.0. The van der Waals surface area contributed by atoms with E-state index in [1.807, 2.05) is 0 Å². The number of amides is 1. The largest absolute Gasteiger partial charge is 0.497 e. The van der Waals surface area contributed by atoms with Crippen molar-refractivity contribution in [1.82, 2.24) is 9.78 Å². The number of hydrogen-bond acceptors (Lipinski definition) is 5. The van der Waals surface area contributed by atoms with E-state index in [-0.39, 0.29) is 33.7 Å². The van der Waals surface area contributed by atoms with Gasteiger partial charge < -0.3 is 10.1 Å². The molecule has 0 aliphatic heterocycles. The molecule has 1 unspecified atom stereocenters. The van der Waals surface area contributed by atoms with Crippen molar-refractivity contribution >= 4 is 33.0 Å². The van der Waals surface area contributed by atoms with E-state index in [9.17, 15) is 26.4 Å². The summed E-state index contributed by atoms with van der Waals surface area (Å²) >= 11 is 5.86. The van der Waals surface area contributed by atoms with E-state index in [0.29, 0.717) is 10.7 Å². The summed E-state index contributed by atoms with van der Waals surface area (Å²) in [6.45, 7) is 1.50.